The number of nitriles is 1. The molecule has 2 N–H and O–H groups in total. The summed E-state index contributed by atoms with van der Waals surface area (Å²) >= 11 is 0. The molecule has 0 aliphatic carbocycles. The normalized spacial score (nSPS) is 9.62. The molecule has 0 aliphatic rings. The zero-order valence-corrected chi connectivity index (χ0v) is 9.62. The number of benzene rings is 1. The van der Waals surface area contributed by atoms with Crippen molar-refractivity contribution in [3.05, 3.63) is 23.3 Å². The summed E-state index contributed by atoms with van der Waals surface area (Å²) in [4.78, 5) is 0. The molecule has 0 bridgehead atoms. The number of nitrogens with two attached hydrogens (primary N) is 1. The lowest BCUT2D eigenvalue weighted by Crippen LogP contribution is -2.01. The van der Waals surface area contributed by atoms with Crippen molar-refractivity contribution in [2.75, 3.05) is 20.8 Å². The molecule has 86 valence electrons. The van der Waals surface area contributed by atoms with Crippen molar-refractivity contribution in [1.82, 2.24) is 0 Å². The Labute approximate surface area is 95.6 Å². The zero-order chi connectivity index (χ0) is 12.0. The van der Waals surface area contributed by atoms with Crippen molar-refractivity contribution in [3.8, 4) is 17.6 Å². The van der Waals surface area contributed by atoms with E-state index in [0.29, 0.717) is 23.6 Å². The summed E-state index contributed by atoms with van der Waals surface area (Å²) in [5.74, 6) is 1.08. The molecule has 4 heteroatoms. The van der Waals surface area contributed by atoms with Crippen LogP contribution in [0.2, 0.25) is 0 Å². The van der Waals surface area contributed by atoms with Gasteiger partial charge in [0.15, 0.2) is 11.5 Å². The first-order valence-electron chi connectivity index (χ1n) is 5.11. The SMILES string of the molecule is COc1cc(CCCN)cc(C#N)c1OC. The Morgan fingerprint density at radius 1 is 1.31 bits per heavy atom. The van der Waals surface area contributed by atoms with Gasteiger partial charge in [-0.15, -0.1) is 0 Å². The maximum Gasteiger partial charge on any atom is 0.178 e. The van der Waals surface area contributed by atoms with Crippen LogP contribution in [0.1, 0.15) is 17.5 Å². The Bertz CT molecular complexity index is 397. The summed E-state index contributed by atoms with van der Waals surface area (Å²) in [6.07, 6.45) is 1.73. The lowest BCUT2D eigenvalue weighted by atomic mass is 10.1. The van der Waals surface area contributed by atoms with E-state index in [-0.39, 0.29) is 0 Å². The third-order valence-electron chi connectivity index (χ3n) is 2.33. The Morgan fingerprint density at radius 3 is 2.56 bits per heavy atom. The van der Waals surface area contributed by atoms with Crippen LogP contribution in [0.3, 0.4) is 0 Å². The monoisotopic (exact) mass is 220 g/mol. The van der Waals surface area contributed by atoms with Crippen molar-refractivity contribution in [2.45, 2.75) is 12.8 Å². The smallest absolute Gasteiger partial charge is 0.178 e. The summed E-state index contributed by atoms with van der Waals surface area (Å²) in [6.45, 7) is 0.635. The molecule has 0 unspecified atom stereocenters. The highest BCUT2D eigenvalue weighted by Crippen LogP contribution is 2.32. The number of hydrogen-bond donors (Lipinski definition) is 1. The van der Waals surface area contributed by atoms with E-state index in [1.165, 1.54) is 7.11 Å². The fourth-order valence-electron chi connectivity index (χ4n) is 1.56. The fraction of sp³-hybridized carbons (Fsp3) is 0.417. The summed E-state index contributed by atoms with van der Waals surface area (Å²) in [6, 6.07) is 5.80. The first kappa shape index (κ1) is 12.3. The molecule has 0 heterocycles. The van der Waals surface area contributed by atoms with Crippen LogP contribution in [0.4, 0.5) is 0 Å². The third kappa shape index (κ3) is 2.65. The van der Waals surface area contributed by atoms with E-state index in [1.54, 1.807) is 7.11 Å². The first-order chi connectivity index (χ1) is 7.76. The highest BCUT2D eigenvalue weighted by atomic mass is 16.5. The van der Waals surface area contributed by atoms with Gasteiger partial charge in [0, 0.05) is 0 Å². The van der Waals surface area contributed by atoms with Gasteiger partial charge >= 0.3 is 0 Å². The number of ether oxygens (including phenoxy) is 2. The molecular formula is C12H16N2O2. The fourth-order valence-corrected chi connectivity index (χ4v) is 1.56. The molecular weight excluding hydrogens is 204 g/mol. The molecule has 1 rings (SSSR count). The first-order valence-corrected chi connectivity index (χ1v) is 5.11. The second-order valence-electron chi connectivity index (χ2n) is 3.38. The van der Waals surface area contributed by atoms with Crippen molar-refractivity contribution < 1.29 is 9.47 Å². The molecule has 16 heavy (non-hydrogen) atoms. The topological polar surface area (TPSA) is 68.3 Å². The van der Waals surface area contributed by atoms with Gasteiger partial charge in [0.05, 0.1) is 19.8 Å². The van der Waals surface area contributed by atoms with Crippen LogP contribution in [0, 0.1) is 11.3 Å². The van der Waals surface area contributed by atoms with Crippen LogP contribution in [0.25, 0.3) is 0 Å². The van der Waals surface area contributed by atoms with Crippen molar-refractivity contribution in [1.29, 1.82) is 5.26 Å². The lowest BCUT2D eigenvalue weighted by molar-refractivity contribution is 0.353. The number of hydrogen-bond acceptors (Lipinski definition) is 4. The van der Waals surface area contributed by atoms with E-state index in [1.807, 2.05) is 12.1 Å². The summed E-state index contributed by atoms with van der Waals surface area (Å²) in [5, 5.41) is 9.01. The number of rotatable bonds is 5. The van der Waals surface area contributed by atoms with E-state index in [9.17, 15) is 0 Å². The van der Waals surface area contributed by atoms with Crippen LogP contribution in [-0.4, -0.2) is 20.8 Å². The number of methoxy groups -OCH3 is 2. The van der Waals surface area contributed by atoms with Crippen LogP contribution >= 0.6 is 0 Å². The van der Waals surface area contributed by atoms with E-state index in [0.717, 1.165) is 18.4 Å². The Balaban J connectivity index is 3.11. The molecule has 4 nitrogen and oxygen atoms in total. The third-order valence-corrected chi connectivity index (χ3v) is 2.33. The highest BCUT2D eigenvalue weighted by molar-refractivity contribution is 5.54. The molecule has 0 saturated carbocycles. The van der Waals surface area contributed by atoms with E-state index < -0.39 is 0 Å². The summed E-state index contributed by atoms with van der Waals surface area (Å²) in [7, 11) is 3.09. The van der Waals surface area contributed by atoms with Crippen molar-refractivity contribution in [3.63, 3.8) is 0 Å². The van der Waals surface area contributed by atoms with Gasteiger partial charge in [-0.1, -0.05) is 0 Å². The van der Waals surface area contributed by atoms with E-state index in [2.05, 4.69) is 6.07 Å². The molecule has 1 aromatic carbocycles. The molecule has 0 aliphatic heterocycles. The minimum atomic E-state index is 0.487. The Hall–Kier alpha value is -1.73. The quantitative estimate of drug-likeness (QED) is 0.815. The predicted molar refractivity (Wildman–Crippen MR) is 61.6 cm³/mol. The Kier molecular flexibility index (Phi) is 4.62. The van der Waals surface area contributed by atoms with E-state index in [4.69, 9.17) is 20.5 Å². The van der Waals surface area contributed by atoms with Crippen molar-refractivity contribution in [2.24, 2.45) is 5.73 Å². The van der Waals surface area contributed by atoms with Crippen molar-refractivity contribution >= 4 is 0 Å². The molecule has 0 aromatic heterocycles. The maximum absolute atomic E-state index is 9.01. The maximum atomic E-state index is 9.01. The standard InChI is InChI=1S/C12H16N2O2/c1-15-11-7-9(4-3-5-13)6-10(8-14)12(11)16-2/h6-7H,3-5,13H2,1-2H3. The largest absolute Gasteiger partial charge is 0.493 e. The lowest BCUT2D eigenvalue weighted by Gasteiger charge is -2.11. The van der Waals surface area contributed by atoms with Gasteiger partial charge in [-0.2, -0.15) is 5.26 Å². The molecule has 0 radical (unpaired) electrons. The van der Waals surface area contributed by atoms with Gasteiger partial charge in [-0.25, -0.2) is 0 Å². The van der Waals surface area contributed by atoms with Gasteiger partial charge in [-0.05, 0) is 37.1 Å². The molecule has 0 fully saturated rings. The van der Waals surface area contributed by atoms with Crippen LogP contribution in [-0.2, 0) is 6.42 Å². The minimum absolute atomic E-state index is 0.487. The average molecular weight is 220 g/mol. The summed E-state index contributed by atoms with van der Waals surface area (Å²) in [5.41, 5.74) is 6.99. The predicted octanol–water partition coefficient (Wildman–Crippen LogP) is 1.47. The van der Waals surface area contributed by atoms with Crippen LogP contribution in [0.5, 0.6) is 11.5 Å². The zero-order valence-electron chi connectivity index (χ0n) is 9.62. The number of nitrogens with zero attached hydrogens (tertiary/aromatic N) is 1. The van der Waals surface area contributed by atoms with Crippen LogP contribution in [0.15, 0.2) is 12.1 Å². The van der Waals surface area contributed by atoms with Gasteiger partial charge in [0.2, 0.25) is 0 Å². The molecule has 0 saturated heterocycles. The number of aryl methyl sites for hydroxylation is 1. The van der Waals surface area contributed by atoms with Gasteiger partial charge < -0.3 is 15.2 Å². The van der Waals surface area contributed by atoms with Gasteiger partial charge in [0.25, 0.3) is 0 Å². The molecule has 0 spiro atoms. The molecule has 0 atom stereocenters. The van der Waals surface area contributed by atoms with Gasteiger partial charge in [0.1, 0.15) is 6.07 Å². The second kappa shape index (κ2) is 5.99. The highest BCUT2D eigenvalue weighted by Gasteiger charge is 2.11. The van der Waals surface area contributed by atoms with E-state index >= 15 is 0 Å². The Morgan fingerprint density at radius 2 is 2.06 bits per heavy atom. The molecule has 0 amide bonds. The van der Waals surface area contributed by atoms with Gasteiger partial charge in [-0.3, -0.25) is 0 Å². The average Bonchev–Trinajstić information content (AvgIpc) is 2.34. The molecule has 1 aromatic rings. The summed E-state index contributed by atoms with van der Waals surface area (Å²) < 4.78 is 10.3. The second-order valence-corrected chi connectivity index (χ2v) is 3.38. The minimum Gasteiger partial charge on any atom is -0.493 e. The van der Waals surface area contributed by atoms with Crippen LogP contribution < -0.4 is 15.2 Å².